The lowest BCUT2D eigenvalue weighted by Crippen LogP contribution is -2.31. The molecule has 1 unspecified atom stereocenters. The monoisotopic (exact) mass is 304 g/mol. The summed E-state index contributed by atoms with van der Waals surface area (Å²) in [6.07, 6.45) is 0. The molecule has 21 heavy (non-hydrogen) atoms. The molecule has 5 heteroatoms. The lowest BCUT2D eigenvalue weighted by atomic mass is 10.1. The molecule has 1 atom stereocenters. The van der Waals surface area contributed by atoms with E-state index in [1.165, 1.54) is 6.07 Å². The number of methoxy groups -OCH3 is 1. The molecule has 2 aromatic rings. The summed E-state index contributed by atoms with van der Waals surface area (Å²) in [4.78, 5) is 0. The maximum Gasteiger partial charge on any atom is 0.171 e. The number of hydrogen-bond donors (Lipinski definition) is 2. The molecule has 0 radical (unpaired) electrons. The summed E-state index contributed by atoms with van der Waals surface area (Å²) in [6, 6.07) is 14.1. The third-order valence-electron chi connectivity index (χ3n) is 3.09. The Morgan fingerprint density at radius 1 is 1.14 bits per heavy atom. The molecule has 0 aliphatic carbocycles. The number of hydrogen-bond acceptors (Lipinski definition) is 2. The van der Waals surface area contributed by atoms with E-state index >= 15 is 0 Å². The molecule has 0 aliphatic rings. The van der Waals surface area contributed by atoms with Gasteiger partial charge in [-0.3, -0.25) is 0 Å². The zero-order valence-electron chi connectivity index (χ0n) is 11.9. The molecular formula is C16H17FN2OS. The van der Waals surface area contributed by atoms with Gasteiger partial charge in [0.1, 0.15) is 11.6 Å². The highest BCUT2D eigenvalue weighted by Gasteiger charge is 2.08. The van der Waals surface area contributed by atoms with Gasteiger partial charge in [-0.15, -0.1) is 0 Å². The fraction of sp³-hybridized carbons (Fsp3) is 0.188. The van der Waals surface area contributed by atoms with E-state index in [4.69, 9.17) is 17.0 Å². The molecule has 2 N–H and O–H groups in total. The lowest BCUT2D eigenvalue weighted by molar-refractivity contribution is 0.414. The van der Waals surface area contributed by atoms with Crippen LogP contribution in [0.3, 0.4) is 0 Å². The lowest BCUT2D eigenvalue weighted by Gasteiger charge is -2.18. The average molecular weight is 304 g/mol. The van der Waals surface area contributed by atoms with Crippen molar-refractivity contribution in [2.24, 2.45) is 0 Å². The van der Waals surface area contributed by atoms with Crippen molar-refractivity contribution < 1.29 is 9.13 Å². The highest BCUT2D eigenvalue weighted by atomic mass is 32.1. The maximum absolute atomic E-state index is 13.5. The molecule has 0 bridgehead atoms. The Morgan fingerprint density at radius 3 is 2.43 bits per heavy atom. The average Bonchev–Trinajstić information content (AvgIpc) is 2.49. The first-order chi connectivity index (χ1) is 10.1. The van der Waals surface area contributed by atoms with Gasteiger partial charge in [0.05, 0.1) is 18.8 Å². The summed E-state index contributed by atoms with van der Waals surface area (Å²) in [5.74, 6) is 0.469. The Morgan fingerprint density at radius 2 is 1.81 bits per heavy atom. The molecule has 0 saturated carbocycles. The van der Waals surface area contributed by atoms with E-state index < -0.39 is 0 Å². The minimum absolute atomic E-state index is 0.00248. The molecule has 0 aliphatic heterocycles. The topological polar surface area (TPSA) is 33.3 Å². The number of para-hydroxylation sites is 1. The van der Waals surface area contributed by atoms with Gasteiger partial charge in [-0.25, -0.2) is 4.39 Å². The highest BCUT2D eigenvalue weighted by Crippen LogP contribution is 2.18. The van der Waals surface area contributed by atoms with Gasteiger partial charge in [0.15, 0.2) is 5.11 Å². The van der Waals surface area contributed by atoms with E-state index in [9.17, 15) is 4.39 Å². The number of nitrogens with one attached hydrogen (secondary N) is 2. The van der Waals surface area contributed by atoms with Gasteiger partial charge >= 0.3 is 0 Å². The van der Waals surface area contributed by atoms with Gasteiger partial charge in [-0.05, 0) is 49.0 Å². The van der Waals surface area contributed by atoms with Crippen molar-refractivity contribution in [2.75, 3.05) is 12.4 Å². The first-order valence-electron chi connectivity index (χ1n) is 6.56. The van der Waals surface area contributed by atoms with Crippen LogP contribution in [0.25, 0.3) is 0 Å². The van der Waals surface area contributed by atoms with Crippen molar-refractivity contribution in [1.82, 2.24) is 5.32 Å². The number of halogens is 1. The third-order valence-corrected chi connectivity index (χ3v) is 3.31. The van der Waals surface area contributed by atoms with Crippen molar-refractivity contribution in [3.63, 3.8) is 0 Å². The molecule has 0 heterocycles. The van der Waals surface area contributed by atoms with Gasteiger partial charge < -0.3 is 15.4 Å². The molecule has 0 amide bonds. The first kappa shape index (κ1) is 15.3. The molecular weight excluding hydrogens is 287 g/mol. The quantitative estimate of drug-likeness (QED) is 0.840. The van der Waals surface area contributed by atoms with Gasteiger partial charge in [-0.2, -0.15) is 0 Å². The van der Waals surface area contributed by atoms with Crippen molar-refractivity contribution in [3.05, 3.63) is 59.9 Å². The second-order valence-corrected chi connectivity index (χ2v) is 4.98. The Kier molecular flexibility index (Phi) is 5.11. The van der Waals surface area contributed by atoms with Crippen molar-refractivity contribution in [1.29, 1.82) is 0 Å². The van der Waals surface area contributed by atoms with E-state index in [0.29, 0.717) is 10.8 Å². The highest BCUT2D eigenvalue weighted by molar-refractivity contribution is 7.80. The summed E-state index contributed by atoms with van der Waals surface area (Å²) in [5.41, 5.74) is 1.42. The molecule has 0 fully saturated rings. The minimum Gasteiger partial charge on any atom is -0.497 e. The van der Waals surface area contributed by atoms with Crippen molar-refractivity contribution in [3.8, 4) is 5.75 Å². The van der Waals surface area contributed by atoms with E-state index in [1.54, 1.807) is 25.3 Å². The van der Waals surface area contributed by atoms with Crippen LogP contribution < -0.4 is 15.4 Å². The largest absolute Gasteiger partial charge is 0.497 e. The summed E-state index contributed by atoms with van der Waals surface area (Å²) >= 11 is 5.21. The van der Waals surface area contributed by atoms with Crippen LogP contribution >= 0.6 is 12.2 Å². The van der Waals surface area contributed by atoms with Gasteiger partial charge in [0, 0.05) is 0 Å². The molecule has 0 aromatic heterocycles. The molecule has 0 spiro atoms. The van der Waals surface area contributed by atoms with E-state index in [2.05, 4.69) is 10.6 Å². The van der Waals surface area contributed by atoms with Crippen LogP contribution in [-0.4, -0.2) is 12.2 Å². The fourth-order valence-electron chi connectivity index (χ4n) is 1.89. The maximum atomic E-state index is 13.5. The second kappa shape index (κ2) is 7.04. The minimum atomic E-state index is -0.334. The summed E-state index contributed by atoms with van der Waals surface area (Å²) in [6.45, 7) is 1.98. The number of ether oxygens (including phenoxy) is 1. The van der Waals surface area contributed by atoms with Crippen LogP contribution in [0.5, 0.6) is 5.75 Å². The number of rotatable bonds is 4. The fourth-order valence-corrected chi connectivity index (χ4v) is 2.18. The predicted molar refractivity (Wildman–Crippen MR) is 87.2 cm³/mol. The zero-order chi connectivity index (χ0) is 15.2. The predicted octanol–water partition coefficient (Wildman–Crippen LogP) is 3.88. The number of thiocarbonyl (C=S) groups is 1. The second-order valence-electron chi connectivity index (χ2n) is 4.57. The van der Waals surface area contributed by atoms with E-state index in [-0.39, 0.29) is 11.9 Å². The van der Waals surface area contributed by atoms with Crippen LogP contribution in [-0.2, 0) is 0 Å². The van der Waals surface area contributed by atoms with Crippen LogP contribution in [0, 0.1) is 5.82 Å². The smallest absolute Gasteiger partial charge is 0.171 e. The zero-order valence-corrected chi connectivity index (χ0v) is 12.7. The molecule has 110 valence electrons. The van der Waals surface area contributed by atoms with Gasteiger partial charge in [0.25, 0.3) is 0 Å². The first-order valence-corrected chi connectivity index (χ1v) is 6.97. The summed E-state index contributed by atoms with van der Waals surface area (Å²) < 4.78 is 18.7. The molecule has 3 nitrogen and oxygen atoms in total. The Hall–Kier alpha value is -2.14. The van der Waals surface area contributed by atoms with Gasteiger partial charge in [-0.1, -0.05) is 24.3 Å². The Labute approximate surface area is 129 Å². The van der Waals surface area contributed by atoms with Crippen LogP contribution in [0.1, 0.15) is 18.5 Å². The SMILES string of the molecule is COc1ccc(C(C)NC(=S)Nc2ccccc2F)cc1. The molecule has 2 aromatic carbocycles. The van der Waals surface area contributed by atoms with Gasteiger partial charge in [0.2, 0.25) is 0 Å². The molecule has 0 saturated heterocycles. The van der Waals surface area contributed by atoms with Crippen LogP contribution in [0.15, 0.2) is 48.5 Å². The van der Waals surface area contributed by atoms with E-state index in [1.807, 2.05) is 31.2 Å². The third kappa shape index (κ3) is 4.16. The van der Waals surface area contributed by atoms with Crippen LogP contribution in [0.2, 0.25) is 0 Å². The standard InChI is InChI=1S/C16H17FN2OS/c1-11(12-7-9-13(20-2)10-8-12)18-16(21)19-15-6-4-3-5-14(15)17/h3-11H,1-2H3,(H2,18,19,21). The molecule has 2 rings (SSSR count). The number of benzene rings is 2. The van der Waals surface area contributed by atoms with Crippen molar-refractivity contribution >= 4 is 23.0 Å². The summed E-state index contributed by atoms with van der Waals surface area (Å²) in [7, 11) is 1.63. The Balaban J connectivity index is 1.97. The van der Waals surface area contributed by atoms with Crippen LogP contribution in [0.4, 0.5) is 10.1 Å². The Bertz CT molecular complexity index is 616. The number of anilines is 1. The van der Waals surface area contributed by atoms with E-state index in [0.717, 1.165) is 11.3 Å². The van der Waals surface area contributed by atoms with Crippen molar-refractivity contribution in [2.45, 2.75) is 13.0 Å². The summed E-state index contributed by atoms with van der Waals surface area (Å²) in [5, 5.41) is 6.35. The normalized spacial score (nSPS) is 11.6.